The molecular formula is C12H24N2O2. The molecule has 94 valence electrons. The van der Waals surface area contributed by atoms with Crippen molar-refractivity contribution >= 4 is 5.91 Å². The Balaban J connectivity index is 1.90. The highest BCUT2D eigenvalue weighted by atomic mass is 16.5. The summed E-state index contributed by atoms with van der Waals surface area (Å²) >= 11 is 0. The predicted octanol–water partition coefficient (Wildman–Crippen LogP) is 1.06. The fourth-order valence-electron chi connectivity index (χ4n) is 1.84. The lowest BCUT2D eigenvalue weighted by molar-refractivity contribution is -0.121. The maximum Gasteiger partial charge on any atom is 0.220 e. The van der Waals surface area contributed by atoms with Gasteiger partial charge in [-0.3, -0.25) is 4.79 Å². The van der Waals surface area contributed by atoms with Gasteiger partial charge >= 0.3 is 0 Å². The van der Waals surface area contributed by atoms with Crippen LogP contribution >= 0.6 is 0 Å². The standard InChI is InChI=1S/C12H24N2O2/c1-2-7-13-8-9-14-12(15)6-5-11-4-3-10-16-11/h11,13H,2-10H2,1H3,(H,14,15). The summed E-state index contributed by atoms with van der Waals surface area (Å²) in [7, 11) is 0. The maximum atomic E-state index is 11.4. The SMILES string of the molecule is CCCNCCNC(=O)CCC1CCCO1. The third kappa shape index (κ3) is 6.08. The second-order valence-corrected chi connectivity index (χ2v) is 4.27. The molecule has 1 rings (SSSR count). The highest BCUT2D eigenvalue weighted by Crippen LogP contribution is 2.16. The van der Waals surface area contributed by atoms with E-state index in [0.717, 1.165) is 51.9 Å². The number of rotatable bonds is 8. The second-order valence-electron chi connectivity index (χ2n) is 4.27. The van der Waals surface area contributed by atoms with Crippen molar-refractivity contribution in [2.45, 2.75) is 45.1 Å². The van der Waals surface area contributed by atoms with Gasteiger partial charge in [-0.1, -0.05) is 6.92 Å². The van der Waals surface area contributed by atoms with E-state index in [-0.39, 0.29) is 5.91 Å². The average molecular weight is 228 g/mol. The van der Waals surface area contributed by atoms with E-state index >= 15 is 0 Å². The number of carbonyl (C=O) groups excluding carboxylic acids is 1. The van der Waals surface area contributed by atoms with Crippen LogP contribution in [0.2, 0.25) is 0 Å². The van der Waals surface area contributed by atoms with Crippen LogP contribution < -0.4 is 10.6 Å². The molecule has 0 aromatic rings. The van der Waals surface area contributed by atoms with Gasteiger partial charge in [0.25, 0.3) is 0 Å². The first-order chi connectivity index (χ1) is 7.83. The van der Waals surface area contributed by atoms with Gasteiger partial charge in [0, 0.05) is 26.1 Å². The van der Waals surface area contributed by atoms with Crippen molar-refractivity contribution in [2.24, 2.45) is 0 Å². The van der Waals surface area contributed by atoms with Crippen LogP contribution in [-0.2, 0) is 9.53 Å². The minimum atomic E-state index is 0.147. The van der Waals surface area contributed by atoms with E-state index < -0.39 is 0 Å². The van der Waals surface area contributed by atoms with Crippen molar-refractivity contribution < 1.29 is 9.53 Å². The van der Waals surface area contributed by atoms with E-state index in [9.17, 15) is 4.79 Å². The van der Waals surface area contributed by atoms with Crippen LogP contribution in [0.25, 0.3) is 0 Å². The minimum absolute atomic E-state index is 0.147. The van der Waals surface area contributed by atoms with E-state index in [2.05, 4.69) is 17.6 Å². The van der Waals surface area contributed by atoms with E-state index in [1.165, 1.54) is 0 Å². The van der Waals surface area contributed by atoms with Crippen LogP contribution in [0.15, 0.2) is 0 Å². The molecule has 2 N–H and O–H groups in total. The molecule has 0 radical (unpaired) electrons. The van der Waals surface area contributed by atoms with E-state index in [4.69, 9.17) is 4.74 Å². The number of nitrogens with one attached hydrogen (secondary N) is 2. The van der Waals surface area contributed by atoms with Crippen molar-refractivity contribution in [1.29, 1.82) is 0 Å². The molecule has 1 unspecified atom stereocenters. The Morgan fingerprint density at radius 1 is 1.38 bits per heavy atom. The summed E-state index contributed by atoms with van der Waals surface area (Å²) in [5.74, 6) is 0.147. The monoisotopic (exact) mass is 228 g/mol. The minimum Gasteiger partial charge on any atom is -0.378 e. The number of carbonyl (C=O) groups is 1. The van der Waals surface area contributed by atoms with Gasteiger partial charge in [-0.2, -0.15) is 0 Å². The molecule has 1 fully saturated rings. The molecule has 16 heavy (non-hydrogen) atoms. The fourth-order valence-corrected chi connectivity index (χ4v) is 1.84. The maximum absolute atomic E-state index is 11.4. The quantitative estimate of drug-likeness (QED) is 0.611. The first-order valence-electron chi connectivity index (χ1n) is 6.42. The molecule has 1 aliphatic heterocycles. The largest absolute Gasteiger partial charge is 0.378 e. The van der Waals surface area contributed by atoms with Gasteiger partial charge in [0.15, 0.2) is 0 Å². The van der Waals surface area contributed by atoms with Crippen molar-refractivity contribution in [3.05, 3.63) is 0 Å². The van der Waals surface area contributed by atoms with Crippen LogP contribution in [0.1, 0.15) is 39.0 Å². The summed E-state index contributed by atoms with van der Waals surface area (Å²) in [4.78, 5) is 11.4. The highest BCUT2D eigenvalue weighted by molar-refractivity contribution is 5.75. The van der Waals surface area contributed by atoms with Crippen molar-refractivity contribution in [3.63, 3.8) is 0 Å². The van der Waals surface area contributed by atoms with Crippen LogP contribution in [-0.4, -0.2) is 38.3 Å². The first kappa shape index (κ1) is 13.5. The number of amides is 1. The molecular weight excluding hydrogens is 204 g/mol. The predicted molar refractivity (Wildman–Crippen MR) is 64.4 cm³/mol. The molecule has 1 saturated heterocycles. The summed E-state index contributed by atoms with van der Waals surface area (Å²) in [6, 6.07) is 0. The summed E-state index contributed by atoms with van der Waals surface area (Å²) in [6.45, 7) is 5.61. The first-order valence-corrected chi connectivity index (χ1v) is 6.42. The van der Waals surface area contributed by atoms with Crippen LogP contribution in [0.3, 0.4) is 0 Å². The Morgan fingerprint density at radius 2 is 2.25 bits per heavy atom. The van der Waals surface area contributed by atoms with E-state index in [1.54, 1.807) is 0 Å². The zero-order valence-electron chi connectivity index (χ0n) is 10.3. The molecule has 4 nitrogen and oxygen atoms in total. The average Bonchev–Trinajstić information content (AvgIpc) is 2.79. The molecule has 1 aliphatic rings. The van der Waals surface area contributed by atoms with Crippen LogP contribution in [0.5, 0.6) is 0 Å². The third-order valence-electron chi connectivity index (χ3n) is 2.77. The number of ether oxygens (including phenoxy) is 1. The molecule has 0 aromatic heterocycles. The molecule has 1 atom stereocenters. The summed E-state index contributed by atoms with van der Waals surface area (Å²) in [5.41, 5.74) is 0. The van der Waals surface area contributed by atoms with Gasteiger partial charge in [0.1, 0.15) is 0 Å². The molecule has 1 amide bonds. The molecule has 0 aliphatic carbocycles. The summed E-state index contributed by atoms with van der Waals surface area (Å²) in [5, 5.41) is 6.16. The molecule has 0 saturated carbocycles. The third-order valence-corrected chi connectivity index (χ3v) is 2.77. The second kappa shape index (κ2) is 8.53. The zero-order valence-corrected chi connectivity index (χ0v) is 10.3. The van der Waals surface area contributed by atoms with Crippen molar-refractivity contribution in [3.8, 4) is 0 Å². The molecule has 1 heterocycles. The lowest BCUT2D eigenvalue weighted by Crippen LogP contribution is -2.32. The van der Waals surface area contributed by atoms with Gasteiger partial charge < -0.3 is 15.4 Å². The number of hydrogen-bond acceptors (Lipinski definition) is 3. The molecule has 0 spiro atoms. The summed E-state index contributed by atoms with van der Waals surface area (Å²) < 4.78 is 5.47. The van der Waals surface area contributed by atoms with Gasteiger partial charge in [-0.25, -0.2) is 0 Å². The Labute approximate surface area is 98.1 Å². The Morgan fingerprint density at radius 3 is 2.94 bits per heavy atom. The number of hydrogen-bond donors (Lipinski definition) is 2. The van der Waals surface area contributed by atoms with Gasteiger partial charge in [-0.15, -0.1) is 0 Å². The van der Waals surface area contributed by atoms with Gasteiger partial charge in [0.2, 0.25) is 5.91 Å². The van der Waals surface area contributed by atoms with Gasteiger partial charge in [0.05, 0.1) is 6.10 Å². The lowest BCUT2D eigenvalue weighted by Gasteiger charge is -2.09. The van der Waals surface area contributed by atoms with E-state index in [0.29, 0.717) is 12.5 Å². The topological polar surface area (TPSA) is 50.4 Å². The van der Waals surface area contributed by atoms with Gasteiger partial charge in [-0.05, 0) is 32.2 Å². The smallest absolute Gasteiger partial charge is 0.220 e. The highest BCUT2D eigenvalue weighted by Gasteiger charge is 2.16. The molecule has 0 aromatic carbocycles. The summed E-state index contributed by atoms with van der Waals surface area (Å²) in [6.07, 6.45) is 5.18. The lowest BCUT2D eigenvalue weighted by atomic mass is 10.1. The van der Waals surface area contributed by atoms with Crippen LogP contribution in [0.4, 0.5) is 0 Å². The van der Waals surface area contributed by atoms with Crippen LogP contribution in [0, 0.1) is 0 Å². The molecule has 4 heteroatoms. The fraction of sp³-hybridized carbons (Fsp3) is 0.917. The Bertz CT molecular complexity index is 191. The van der Waals surface area contributed by atoms with Crippen molar-refractivity contribution in [1.82, 2.24) is 10.6 Å². The van der Waals surface area contributed by atoms with E-state index in [1.807, 2.05) is 0 Å². The zero-order chi connectivity index (χ0) is 11.6. The Kier molecular flexibility index (Phi) is 7.17. The van der Waals surface area contributed by atoms with Crippen molar-refractivity contribution in [2.75, 3.05) is 26.2 Å². The Hall–Kier alpha value is -0.610. The normalized spacial score (nSPS) is 19.9. The molecule has 0 bridgehead atoms.